The molecule has 0 aliphatic carbocycles. The van der Waals surface area contributed by atoms with Crippen molar-refractivity contribution in [3.05, 3.63) is 46.5 Å². The second-order valence-electron chi connectivity index (χ2n) is 5.82. The number of rotatable bonds is 2. The molecule has 1 saturated heterocycles. The summed E-state index contributed by atoms with van der Waals surface area (Å²) >= 11 is 11.9. The predicted octanol–water partition coefficient (Wildman–Crippen LogP) is 2.49. The number of carbonyl (C=O) groups is 1. The average molecular weight is 404 g/mol. The standard InChI is InChI=1S/C19H19Cl2N5O/c1-3-18(27)25-8-10-26(11-9-25)19(23-13-22)24-14(2)4-5-15-6-7-16(20)17(21)12-15/h3,6-7,12,14H,1,8-11H2,2H3,(H,23,24). The summed E-state index contributed by atoms with van der Waals surface area (Å²) in [5.74, 6) is 6.42. The number of carbonyl (C=O) groups excluding carboxylic acids is 1. The van der Waals surface area contributed by atoms with Crippen molar-refractivity contribution in [2.75, 3.05) is 26.2 Å². The van der Waals surface area contributed by atoms with Crippen LogP contribution in [0, 0.1) is 23.3 Å². The molecule has 27 heavy (non-hydrogen) atoms. The Morgan fingerprint density at radius 1 is 1.30 bits per heavy atom. The Kier molecular flexibility index (Phi) is 7.55. The van der Waals surface area contributed by atoms with Gasteiger partial charge in [-0.25, -0.2) is 0 Å². The molecule has 1 aliphatic rings. The van der Waals surface area contributed by atoms with Crippen LogP contribution in [0.25, 0.3) is 0 Å². The SMILES string of the molecule is C=CC(=O)N1CCN(/C(=N/C#N)NC(C)C#Cc2ccc(Cl)c(Cl)c2)CC1. The molecule has 1 amide bonds. The first kappa shape index (κ1) is 20.6. The first-order chi connectivity index (χ1) is 12.9. The van der Waals surface area contributed by atoms with Crippen molar-refractivity contribution < 1.29 is 4.79 Å². The van der Waals surface area contributed by atoms with Crippen molar-refractivity contribution in [2.45, 2.75) is 13.0 Å². The van der Waals surface area contributed by atoms with Crippen LogP contribution >= 0.6 is 23.2 Å². The minimum Gasteiger partial charge on any atom is -0.342 e. The summed E-state index contributed by atoms with van der Waals surface area (Å²) < 4.78 is 0. The Morgan fingerprint density at radius 3 is 2.56 bits per heavy atom. The van der Waals surface area contributed by atoms with Gasteiger partial charge in [0, 0.05) is 31.7 Å². The molecule has 0 radical (unpaired) electrons. The highest BCUT2D eigenvalue weighted by atomic mass is 35.5. The van der Waals surface area contributed by atoms with Crippen LogP contribution in [0.1, 0.15) is 12.5 Å². The van der Waals surface area contributed by atoms with Crippen LogP contribution in [0.5, 0.6) is 0 Å². The molecule has 1 fully saturated rings. The molecule has 0 bridgehead atoms. The van der Waals surface area contributed by atoms with E-state index in [0.29, 0.717) is 42.2 Å². The van der Waals surface area contributed by atoms with Crippen LogP contribution in [0.3, 0.4) is 0 Å². The highest BCUT2D eigenvalue weighted by molar-refractivity contribution is 6.42. The van der Waals surface area contributed by atoms with E-state index < -0.39 is 0 Å². The number of nitrogens with one attached hydrogen (secondary N) is 1. The molecule has 0 saturated carbocycles. The van der Waals surface area contributed by atoms with Crippen molar-refractivity contribution in [1.29, 1.82) is 5.26 Å². The molecule has 2 rings (SSSR count). The molecular weight excluding hydrogens is 385 g/mol. The van der Waals surface area contributed by atoms with Crippen molar-refractivity contribution in [1.82, 2.24) is 15.1 Å². The molecule has 1 unspecified atom stereocenters. The monoisotopic (exact) mass is 403 g/mol. The summed E-state index contributed by atoms with van der Waals surface area (Å²) in [6, 6.07) is 4.93. The lowest BCUT2D eigenvalue weighted by atomic mass is 10.2. The number of hydrogen-bond donors (Lipinski definition) is 1. The van der Waals surface area contributed by atoms with E-state index in [1.54, 1.807) is 23.1 Å². The number of aliphatic imine (C=N–C) groups is 1. The molecular formula is C19H19Cl2N5O. The summed E-state index contributed by atoms with van der Waals surface area (Å²) in [5.41, 5.74) is 0.744. The maximum absolute atomic E-state index is 11.7. The largest absolute Gasteiger partial charge is 0.342 e. The third kappa shape index (κ3) is 5.92. The van der Waals surface area contributed by atoms with Crippen LogP contribution in [-0.4, -0.2) is 53.9 Å². The Bertz CT molecular complexity index is 842. The minimum atomic E-state index is -0.251. The van der Waals surface area contributed by atoms with Crippen molar-refractivity contribution in [3.63, 3.8) is 0 Å². The van der Waals surface area contributed by atoms with Gasteiger partial charge < -0.3 is 15.1 Å². The molecule has 0 aromatic heterocycles. The normalized spacial score (nSPS) is 15.3. The minimum absolute atomic E-state index is 0.0951. The average Bonchev–Trinajstić information content (AvgIpc) is 2.68. The van der Waals surface area contributed by atoms with Gasteiger partial charge >= 0.3 is 0 Å². The molecule has 1 aromatic carbocycles. The zero-order valence-corrected chi connectivity index (χ0v) is 16.4. The number of amides is 1. The molecule has 8 heteroatoms. The van der Waals surface area contributed by atoms with Crippen LogP contribution in [0.2, 0.25) is 10.0 Å². The van der Waals surface area contributed by atoms with Gasteiger partial charge in [-0.1, -0.05) is 41.6 Å². The summed E-state index contributed by atoms with van der Waals surface area (Å²) in [7, 11) is 0. The van der Waals surface area contributed by atoms with Crippen LogP contribution < -0.4 is 5.32 Å². The predicted molar refractivity (Wildman–Crippen MR) is 107 cm³/mol. The molecule has 1 N–H and O–H groups in total. The van der Waals surface area contributed by atoms with Crippen molar-refractivity contribution >= 4 is 35.1 Å². The number of nitriles is 1. The van der Waals surface area contributed by atoms with Gasteiger partial charge in [0.25, 0.3) is 0 Å². The lowest BCUT2D eigenvalue weighted by Gasteiger charge is -2.36. The zero-order valence-electron chi connectivity index (χ0n) is 14.9. The fourth-order valence-corrected chi connectivity index (χ4v) is 2.80. The maximum Gasteiger partial charge on any atom is 0.246 e. The van der Waals surface area contributed by atoms with Crippen molar-refractivity contribution in [2.24, 2.45) is 4.99 Å². The number of guanidine groups is 1. The van der Waals surface area contributed by atoms with E-state index in [-0.39, 0.29) is 11.9 Å². The third-order valence-corrected chi connectivity index (χ3v) is 4.66. The van der Waals surface area contributed by atoms with Gasteiger partial charge in [0.15, 0.2) is 0 Å². The van der Waals surface area contributed by atoms with Crippen LogP contribution in [0.4, 0.5) is 0 Å². The first-order valence-electron chi connectivity index (χ1n) is 8.30. The van der Waals surface area contributed by atoms with Gasteiger partial charge in [-0.15, -0.1) is 4.99 Å². The quantitative estimate of drug-likeness (QED) is 0.270. The van der Waals surface area contributed by atoms with E-state index in [2.05, 4.69) is 28.7 Å². The fourth-order valence-electron chi connectivity index (χ4n) is 2.50. The highest BCUT2D eigenvalue weighted by Gasteiger charge is 2.22. The van der Waals surface area contributed by atoms with E-state index in [1.165, 1.54) is 6.08 Å². The third-order valence-electron chi connectivity index (χ3n) is 3.92. The second kappa shape index (κ2) is 9.87. The van der Waals surface area contributed by atoms with Gasteiger partial charge in [-0.3, -0.25) is 4.79 Å². The topological polar surface area (TPSA) is 71.7 Å². The zero-order chi connectivity index (χ0) is 19.8. The van der Waals surface area contributed by atoms with E-state index >= 15 is 0 Å². The lowest BCUT2D eigenvalue weighted by molar-refractivity contribution is -0.127. The van der Waals surface area contributed by atoms with Gasteiger partial charge in [0.1, 0.15) is 0 Å². The van der Waals surface area contributed by atoms with Gasteiger partial charge in [-0.2, -0.15) is 5.26 Å². The molecule has 1 heterocycles. The first-order valence-corrected chi connectivity index (χ1v) is 9.06. The maximum atomic E-state index is 11.7. The van der Waals surface area contributed by atoms with Crippen molar-refractivity contribution in [3.8, 4) is 18.0 Å². The Balaban J connectivity index is 2.00. The highest BCUT2D eigenvalue weighted by Crippen LogP contribution is 2.22. The summed E-state index contributed by atoms with van der Waals surface area (Å²) in [6.45, 7) is 7.59. The number of halogens is 2. The number of piperazine rings is 1. The molecule has 140 valence electrons. The Labute approximate surface area is 169 Å². The van der Waals surface area contributed by atoms with Crippen LogP contribution in [0.15, 0.2) is 35.8 Å². The number of benzene rings is 1. The molecule has 1 aliphatic heterocycles. The summed E-state index contributed by atoms with van der Waals surface area (Å²) in [5, 5.41) is 13.0. The molecule has 1 aromatic rings. The molecule has 1 atom stereocenters. The van der Waals surface area contributed by atoms with E-state index in [9.17, 15) is 4.79 Å². The number of nitrogens with zero attached hydrogens (tertiary/aromatic N) is 4. The lowest BCUT2D eigenvalue weighted by Crippen LogP contribution is -2.54. The molecule has 6 nitrogen and oxygen atoms in total. The van der Waals surface area contributed by atoms with Crippen LogP contribution in [-0.2, 0) is 4.79 Å². The van der Waals surface area contributed by atoms with E-state index in [0.717, 1.165) is 5.56 Å². The van der Waals surface area contributed by atoms with Gasteiger partial charge in [0.2, 0.25) is 18.1 Å². The van der Waals surface area contributed by atoms with E-state index in [1.807, 2.05) is 18.0 Å². The Morgan fingerprint density at radius 2 is 1.96 bits per heavy atom. The summed E-state index contributed by atoms with van der Waals surface area (Å²) in [4.78, 5) is 19.2. The fraction of sp³-hybridized carbons (Fsp3) is 0.316. The summed E-state index contributed by atoms with van der Waals surface area (Å²) in [6.07, 6.45) is 3.11. The van der Waals surface area contributed by atoms with Gasteiger partial charge in [0.05, 0.1) is 16.1 Å². The molecule has 0 spiro atoms. The van der Waals surface area contributed by atoms with Gasteiger partial charge in [-0.05, 0) is 31.2 Å². The second-order valence-corrected chi connectivity index (χ2v) is 6.63. The Hall–Kier alpha value is -2.67. The smallest absolute Gasteiger partial charge is 0.246 e. The van der Waals surface area contributed by atoms with E-state index in [4.69, 9.17) is 28.5 Å². The number of hydrogen-bond acceptors (Lipinski definition) is 3.